The number of rotatable bonds is 3. The number of para-hydroxylation sites is 1. The van der Waals surface area contributed by atoms with Gasteiger partial charge in [-0.05, 0) is 50.9 Å². The van der Waals surface area contributed by atoms with Gasteiger partial charge in [0, 0.05) is 18.1 Å². The molecule has 1 saturated heterocycles. The van der Waals surface area contributed by atoms with Crippen LogP contribution in [-0.2, 0) is 16.6 Å². The van der Waals surface area contributed by atoms with Crippen LogP contribution in [0.3, 0.4) is 0 Å². The lowest BCUT2D eigenvalue weighted by molar-refractivity contribution is 0.161. The van der Waals surface area contributed by atoms with Crippen LogP contribution in [0.2, 0.25) is 0 Å². The molecular formula is C19H23N5O2S2. The fourth-order valence-corrected chi connectivity index (χ4v) is 6.41. The second-order valence-corrected chi connectivity index (χ2v) is 10.1. The summed E-state index contributed by atoms with van der Waals surface area (Å²) in [5.74, 6) is 0.270. The maximum absolute atomic E-state index is 12.6. The van der Waals surface area contributed by atoms with Crippen molar-refractivity contribution in [2.24, 2.45) is 5.92 Å². The number of thiazole rings is 1. The van der Waals surface area contributed by atoms with Gasteiger partial charge in [-0.2, -0.15) is 4.72 Å². The van der Waals surface area contributed by atoms with Gasteiger partial charge in [-0.15, -0.1) is 11.3 Å². The van der Waals surface area contributed by atoms with Crippen LogP contribution in [0, 0.1) is 12.8 Å². The Morgan fingerprint density at radius 3 is 2.86 bits per heavy atom. The Morgan fingerprint density at radius 2 is 2.04 bits per heavy atom. The molecule has 2 aliphatic rings. The molecule has 0 spiro atoms. The first-order valence-corrected chi connectivity index (χ1v) is 11.9. The van der Waals surface area contributed by atoms with E-state index in [4.69, 9.17) is 0 Å². The number of benzene rings is 1. The monoisotopic (exact) mass is 417 g/mol. The number of aromatic nitrogens is 2. The van der Waals surface area contributed by atoms with Crippen LogP contribution < -0.4 is 10.0 Å². The normalized spacial score (nSPS) is 22.8. The number of imidazole rings is 1. The number of nitrogens with zero attached hydrogens (tertiary/aromatic N) is 3. The van der Waals surface area contributed by atoms with E-state index in [1.165, 1.54) is 5.69 Å². The van der Waals surface area contributed by atoms with Gasteiger partial charge in [0.1, 0.15) is 4.90 Å². The fourth-order valence-electron chi connectivity index (χ4n) is 4.25. The van der Waals surface area contributed by atoms with E-state index >= 15 is 0 Å². The molecule has 9 heteroatoms. The highest BCUT2D eigenvalue weighted by molar-refractivity contribution is 7.89. The summed E-state index contributed by atoms with van der Waals surface area (Å²) in [6.45, 7) is 4.84. The van der Waals surface area contributed by atoms with Gasteiger partial charge in [0.05, 0.1) is 23.2 Å². The zero-order chi connectivity index (χ0) is 19.3. The first kappa shape index (κ1) is 18.1. The average Bonchev–Trinajstić information content (AvgIpc) is 3.24. The van der Waals surface area contributed by atoms with E-state index < -0.39 is 10.0 Å². The molecule has 28 heavy (non-hydrogen) atoms. The van der Waals surface area contributed by atoms with E-state index in [9.17, 15) is 8.42 Å². The zero-order valence-electron chi connectivity index (χ0n) is 15.6. The maximum atomic E-state index is 12.6. The van der Waals surface area contributed by atoms with Gasteiger partial charge >= 0.3 is 0 Å². The Labute approximate surface area is 168 Å². The van der Waals surface area contributed by atoms with E-state index in [1.807, 2.05) is 12.1 Å². The van der Waals surface area contributed by atoms with Crippen LogP contribution in [0.4, 0.5) is 5.69 Å². The van der Waals surface area contributed by atoms with Gasteiger partial charge in [-0.1, -0.05) is 12.1 Å². The van der Waals surface area contributed by atoms with Gasteiger partial charge in [-0.3, -0.25) is 9.30 Å². The predicted molar refractivity (Wildman–Crippen MR) is 110 cm³/mol. The highest BCUT2D eigenvalue weighted by atomic mass is 32.2. The van der Waals surface area contributed by atoms with E-state index in [2.05, 4.69) is 42.8 Å². The molecule has 5 rings (SSSR count). The number of nitrogens with one attached hydrogen (secondary N) is 2. The maximum Gasteiger partial charge on any atom is 0.244 e. The van der Waals surface area contributed by atoms with Crippen molar-refractivity contribution in [3.05, 3.63) is 47.2 Å². The topological polar surface area (TPSA) is 78.7 Å². The van der Waals surface area contributed by atoms with Crippen molar-refractivity contribution in [2.45, 2.75) is 37.4 Å². The third-order valence-corrected chi connectivity index (χ3v) is 8.06. The number of anilines is 1. The fraction of sp³-hybridized carbons (Fsp3) is 0.421. The minimum absolute atomic E-state index is 0.248. The Bertz CT molecular complexity index is 1110. The molecular weight excluding hydrogens is 394 g/mol. The SMILES string of the molecule is Cc1nc2sccn2c1CN1CCC([C@H]2Nc3ccccc3S(=O)(=O)N2)CC1. The summed E-state index contributed by atoms with van der Waals surface area (Å²) in [5, 5.41) is 5.46. The van der Waals surface area contributed by atoms with Crippen LogP contribution in [-0.4, -0.2) is 42.0 Å². The molecule has 0 bridgehead atoms. The van der Waals surface area contributed by atoms with Crippen molar-refractivity contribution in [3.8, 4) is 0 Å². The van der Waals surface area contributed by atoms with Gasteiger partial charge < -0.3 is 5.32 Å². The molecule has 4 heterocycles. The molecule has 0 saturated carbocycles. The molecule has 0 amide bonds. The average molecular weight is 418 g/mol. The summed E-state index contributed by atoms with van der Waals surface area (Å²) >= 11 is 1.66. The van der Waals surface area contributed by atoms with E-state index in [-0.39, 0.29) is 12.1 Å². The predicted octanol–water partition coefficient (Wildman–Crippen LogP) is 2.65. The number of fused-ring (bicyclic) bond motifs is 2. The number of aryl methyl sites for hydroxylation is 1. The lowest BCUT2D eigenvalue weighted by Gasteiger charge is -2.38. The second kappa shape index (κ2) is 6.84. The first-order chi connectivity index (χ1) is 13.5. The molecule has 1 aromatic carbocycles. The van der Waals surface area contributed by atoms with Crippen LogP contribution in [0.5, 0.6) is 0 Å². The van der Waals surface area contributed by atoms with E-state index in [0.717, 1.165) is 43.1 Å². The number of piperidine rings is 1. The Morgan fingerprint density at radius 1 is 1.25 bits per heavy atom. The molecule has 148 valence electrons. The summed E-state index contributed by atoms with van der Waals surface area (Å²) in [6, 6.07) is 7.10. The Kier molecular flexibility index (Phi) is 4.42. The molecule has 2 N–H and O–H groups in total. The zero-order valence-corrected chi connectivity index (χ0v) is 17.3. The number of likely N-dealkylation sites (tertiary alicyclic amines) is 1. The molecule has 1 fully saturated rings. The standard InChI is InChI=1S/C19H23N5O2S2/c1-13-16(24-10-11-27-19(24)20-13)12-23-8-6-14(7-9-23)18-21-15-4-2-3-5-17(15)28(25,26)22-18/h2-5,10-11,14,18,21-22H,6-9,12H2,1H3/t18-/m0/s1. The number of hydrogen-bond acceptors (Lipinski definition) is 6. The van der Waals surface area contributed by atoms with Crippen molar-refractivity contribution in [3.63, 3.8) is 0 Å². The van der Waals surface area contributed by atoms with Crippen LogP contribution in [0.1, 0.15) is 24.2 Å². The lowest BCUT2D eigenvalue weighted by Crippen LogP contribution is -2.51. The van der Waals surface area contributed by atoms with Crippen molar-refractivity contribution in [1.82, 2.24) is 19.0 Å². The molecule has 1 atom stereocenters. The summed E-state index contributed by atoms with van der Waals surface area (Å²) < 4.78 is 30.2. The quantitative estimate of drug-likeness (QED) is 0.685. The molecule has 3 aromatic rings. The van der Waals surface area contributed by atoms with Crippen molar-refractivity contribution >= 4 is 32.0 Å². The summed E-state index contributed by atoms with van der Waals surface area (Å²) in [7, 11) is -3.46. The molecule has 2 aliphatic heterocycles. The van der Waals surface area contributed by atoms with E-state index in [1.54, 1.807) is 23.5 Å². The summed E-state index contributed by atoms with van der Waals surface area (Å²) in [4.78, 5) is 8.45. The van der Waals surface area contributed by atoms with Gasteiger partial charge in [0.2, 0.25) is 10.0 Å². The number of hydrogen-bond donors (Lipinski definition) is 2. The molecule has 0 aliphatic carbocycles. The minimum Gasteiger partial charge on any atom is -0.368 e. The van der Waals surface area contributed by atoms with Crippen LogP contribution >= 0.6 is 11.3 Å². The van der Waals surface area contributed by atoms with Gasteiger partial charge in [0.15, 0.2) is 4.96 Å². The Balaban J connectivity index is 1.27. The highest BCUT2D eigenvalue weighted by Gasteiger charge is 2.35. The molecule has 7 nitrogen and oxygen atoms in total. The van der Waals surface area contributed by atoms with Crippen molar-refractivity contribution in [2.75, 3.05) is 18.4 Å². The largest absolute Gasteiger partial charge is 0.368 e. The van der Waals surface area contributed by atoms with Crippen LogP contribution in [0.15, 0.2) is 40.7 Å². The molecule has 2 aromatic heterocycles. The first-order valence-electron chi connectivity index (χ1n) is 9.52. The third kappa shape index (κ3) is 3.12. The van der Waals surface area contributed by atoms with Gasteiger partial charge in [0.25, 0.3) is 0 Å². The summed E-state index contributed by atoms with van der Waals surface area (Å²) in [5.41, 5.74) is 3.04. The smallest absolute Gasteiger partial charge is 0.244 e. The van der Waals surface area contributed by atoms with Gasteiger partial charge in [-0.25, -0.2) is 13.4 Å². The van der Waals surface area contributed by atoms with Crippen LogP contribution in [0.25, 0.3) is 4.96 Å². The molecule has 0 unspecified atom stereocenters. The van der Waals surface area contributed by atoms with E-state index in [0.29, 0.717) is 10.6 Å². The summed E-state index contributed by atoms with van der Waals surface area (Å²) in [6.07, 6.45) is 3.74. The van der Waals surface area contributed by atoms with Crippen molar-refractivity contribution < 1.29 is 8.42 Å². The second-order valence-electron chi connectivity index (χ2n) is 7.55. The van der Waals surface area contributed by atoms with Crippen molar-refractivity contribution in [1.29, 1.82) is 0 Å². The minimum atomic E-state index is -3.46. The highest BCUT2D eigenvalue weighted by Crippen LogP contribution is 2.31. The number of sulfonamides is 1. The lowest BCUT2D eigenvalue weighted by atomic mass is 9.93. The molecule has 0 radical (unpaired) electrons. The third-order valence-electron chi connectivity index (χ3n) is 5.81. The Hall–Kier alpha value is -1.94.